The van der Waals surface area contributed by atoms with E-state index in [1.54, 1.807) is 6.20 Å². The first-order chi connectivity index (χ1) is 14.2. The molecular formula is C24H26N4O. The van der Waals surface area contributed by atoms with Crippen molar-refractivity contribution < 1.29 is 4.79 Å². The summed E-state index contributed by atoms with van der Waals surface area (Å²) >= 11 is 0. The summed E-state index contributed by atoms with van der Waals surface area (Å²) in [5.41, 5.74) is 11.9. The number of Topliss-reactive ketones (excluding diaryl/α,β-unsaturated/α-hetero) is 1. The van der Waals surface area contributed by atoms with E-state index in [-0.39, 0.29) is 5.78 Å². The molecule has 5 heteroatoms. The van der Waals surface area contributed by atoms with Crippen LogP contribution in [-0.4, -0.2) is 36.9 Å². The van der Waals surface area contributed by atoms with Crippen LogP contribution in [0.25, 0.3) is 10.9 Å². The highest BCUT2D eigenvalue weighted by atomic mass is 16.1. The maximum atomic E-state index is 12.8. The van der Waals surface area contributed by atoms with E-state index >= 15 is 0 Å². The summed E-state index contributed by atoms with van der Waals surface area (Å²) in [6.45, 7) is 4.10. The molecule has 3 aromatic rings. The molecule has 29 heavy (non-hydrogen) atoms. The molecule has 1 saturated carbocycles. The monoisotopic (exact) mass is 386 g/mol. The number of benzene rings is 2. The average Bonchev–Trinajstić information content (AvgIpc) is 3.60. The molecule has 0 unspecified atom stereocenters. The van der Waals surface area contributed by atoms with Gasteiger partial charge in [0.15, 0.2) is 5.78 Å². The molecule has 148 valence electrons. The smallest absolute Gasteiger partial charge is 0.168 e. The summed E-state index contributed by atoms with van der Waals surface area (Å²) in [4.78, 5) is 20.1. The fraction of sp³-hybridized carbons (Fsp3) is 0.333. The quantitative estimate of drug-likeness (QED) is 0.518. The highest BCUT2D eigenvalue weighted by molar-refractivity contribution is 6.01. The minimum Gasteiger partial charge on any atom is -0.398 e. The maximum Gasteiger partial charge on any atom is 0.168 e. The van der Waals surface area contributed by atoms with Gasteiger partial charge in [0.1, 0.15) is 0 Å². The number of fused-ring (bicyclic) bond motifs is 1. The van der Waals surface area contributed by atoms with Crippen molar-refractivity contribution in [1.82, 2.24) is 10.3 Å². The Hall–Kier alpha value is -2.92. The zero-order valence-corrected chi connectivity index (χ0v) is 16.5. The first-order valence-electron chi connectivity index (χ1n) is 10.5. The van der Waals surface area contributed by atoms with E-state index in [2.05, 4.69) is 22.3 Å². The van der Waals surface area contributed by atoms with Gasteiger partial charge < -0.3 is 16.0 Å². The van der Waals surface area contributed by atoms with E-state index < -0.39 is 0 Å². The number of carbonyl (C=O) groups is 1. The lowest BCUT2D eigenvalue weighted by Gasteiger charge is -2.31. The Morgan fingerprint density at radius 3 is 2.69 bits per heavy atom. The number of carbonyl (C=O) groups excluding carboxylic acids is 1. The molecule has 2 aliphatic rings. The molecule has 0 atom stereocenters. The summed E-state index contributed by atoms with van der Waals surface area (Å²) in [5, 5.41) is 4.48. The van der Waals surface area contributed by atoms with Crippen molar-refractivity contribution in [3.63, 3.8) is 0 Å². The number of rotatable bonds is 5. The van der Waals surface area contributed by atoms with Crippen LogP contribution in [0.4, 0.5) is 11.4 Å². The number of nitrogens with one attached hydrogen (secondary N) is 1. The van der Waals surface area contributed by atoms with Crippen molar-refractivity contribution in [2.45, 2.75) is 25.2 Å². The van der Waals surface area contributed by atoms with Gasteiger partial charge in [-0.2, -0.15) is 0 Å². The number of piperazine rings is 1. The van der Waals surface area contributed by atoms with Gasteiger partial charge in [-0.1, -0.05) is 24.3 Å². The van der Waals surface area contributed by atoms with Crippen molar-refractivity contribution in [3.05, 3.63) is 65.4 Å². The Morgan fingerprint density at radius 1 is 1.14 bits per heavy atom. The molecule has 0 bridgehead atoms. The molecule has 1 aromatic heterocycles. The zero-order valence-electron chi connectivity index (χ0n) is 16.5. The van der Waals surface area contributed by atoms with Gasteiger partial charge in [0, 0.05) is 66.7 Å². The molecular weight excluding hydrogens is 360 g/mol. The Balaban J connectivity index is 1.49. The minimum absolute atomic E-state index is 0.0523. The second kappa shape index (κ2) is 7.48. The molecule has 0 radical (unpaired) electrons. The first kappa shape index (κ1) is 18.1. The fourth-order valence-corrected chi connectivity index (χ4v) is 4.29. The average molecular weight is 386 g/mol. The van der Waals surface area contributed by atoms with Crippen LogP contribution in [0.2, 0.25) is 0 Å². The van der Waals surface area contributed by atoms with E-state index in [1.165, 1.54) is 24.1 Å². The summed E-state index contributed by atoms with van der Waals surface area (Å²) in [5.74, 6) is 0.651. The number of nitrogen functional groups attached to an aromatic ring is 1. The van der Waals surface area contributed by atoms with Gasteiger partial charge >= 0.3 is 0 Å². The molecule has 0 spiro atoms. The molecule has 0 amide bonds. The van der Waals surface area contributed by atoms with Gasteiger partial charge in [0.25, 0.3) is 0 Å². The maximum absolute atomic E-state index is 12.8. The van der Waals surface area contributed by atoms with Crippen LogP contribution >= 0.6 is 0 Å². The van der Waals surface area contributed by atoms with Crippen molar-refractivity contribution in [2.75, 3.05) is 36.8 Å². The van der Waals surface area contributed by atoms with Crippen LogP contribution < -0.4 is 16.0 Å². The molecule has 1 aliphatic carbocycles. The predicted molar refractivity (Wildman–Crippen MR) is 118 cm³/mol. The molecule has 5 rings (SSSR count). The molecule has 2 heterocycles. The molecule has 2 fully saturated rings. The second-order valence-corrected chi connectivity index (χ2v) is 8.10. The van der Waals surface area contributed by atoms with Crippen molar-refractivity contribution in [3.8, 4) is 0 Å². The number of nitrogens with two attached hydrogens (primary N) is 1. The first-order valence-corrected chi connectivity index (χ1v) is 10.5. The summed E-state index contributed by atoms with van der Waals surface area (Å²) in [6, 6.07) is 13.9. The van der Waals surface area contributed by atoms with Crippen molar-refractivity contribution in [1.29, 1.82) is 0 Å². The summed E-state index contributed by atoms with van der Waals surface area (Å²) in [7, 11) is 0. The molecule has 1 saturated heterocycles. The van der Waals surface area contributed by atoms with Gasteiger partial charge in [0.2, 0.25) is 0 Å². The van der Waals surface area contributed by atoms with Gasteiger partial charge in [-0.3, -0.25) is 9.78 Å². The second-order valence-electron chi connectivity index (χ2n) is 8.10. The normalized spacial score (nSPS) is 16.9. The summed E-state index contributed by atoms with van der Waals surface area (Å²) < 4.78 is 0. The van der Waals surface area contributed by atoms with Crippen molar-refractivity contribution >= 4 is 28.1 Å². The van der Waals surface area contributed by atoms with Gasteiger partial charge in [-0.05, 0) is 42.5 Å². The Kier molecular flexibility index (Phi) is 4.68. The predicted octanol–water partition coefficient (Wildman–Crippen LogP) is 3.53. The molecule has 2 aromatic carbocycles. The lowest BCUT2D eigenvalue weighted by atomic mass is 9.98. The van der Waals surface area contributed by atoms with Gasteiger partial charge in [-0.15, -0.1) is 0 Å². The van der Waals surface area contributed by atoms with E-state index in [1.807, 2.05) is 30.3 Å². The third-order valence-electron chi connectivity index (χ3n) is 6.04. The molecule has 5 nitrogen and oxygen atoms in total. The van der Waals surface area contributed by atoms with Crippen LogP contribution in [0.15, 0.2) is 48.7 Å². The lowest BCUT2D eigenvalue weighted by molar-refractivity contribution is 0.0993. The number of para-hydroxylation sites is 1. The summed E-state index contributed by atoms with van der Waals surface area (Å²) in [6.07, 6.45) is 4.51. The van der Waals surface area contributed by atoms with Gasteiger partial charge in [0.05, 0.1) is 5.52 Å². The number of hydrogen-bond acceptors (Lipinski definition) is 5. The number of nitrogens with zero attached hydrogens (tertiary/aromatic N) is 2. The third kappa shape index (κ3) is 3.58. The van der Waals surface area contributed by atoms with Crippen LogP contribution in [0.5, 0.6) is 0 Å². The Bertz CT molecular complexity index is 1070. The number of ketones is 1. The fourth-order valence-electron chi connectivity index (χ4n) is 4.29. The Labute approximate surface area is 170 Å². The zero-order chi connectivity index (χ0) is 19.8. The number of anilines is 2. The van der Waals surface area contributed by atoms with E-state index in [0.717, 1.165) is 42.6 Å². The highest BCUT2D eigenvalue weighted by Crippen LogP contribution is 2.47. The van der Waals surface area contributed by atoms with Crippen LogP contribution in [0.3, 0.4) is 0 Å². The lowest BCUT2D eigenvalue weighted by Crippen LogP contribution is -2.43. The largest absolute Gasteiger partial charge is 0.398 e. The van der Waals surface area contributed by atoms with Crippen LogP contribution in [-0.2, 0) is 6.42 Å². The number of hydrogen-bond donors (Lipinski definition) is 2. The number of aromatic nitrogens is 1. The molecule has 3 N–H and O–H groups in total. The van der Waals surface area contributed by atoms with Crippen LogP contribution in [0, 0.1) is 0 Å². The standard InChI is InChI=1S/C24H26N4O/c25-20-4-2-1-3-17(20)14-22(29)19-13-18-7-8-21(28-11-9-26-10-12-28)23(16-5-6-16)24(18)27-15-19/h1-4,7-8,13,15-16,26H,5-6,9-12,14,25H2. The third-order valence-corrected chi connectivity index (χ3v) is 6.04. The van der Waals surface area contributed by atoms with E-state index in [4.69, 9.17) is 10.7 Å². The SMILES string of the molecule is Nc1ccccc1CC(=O)c1cnc2c(C3CC3)c(N3CCNCC3)ccc2c1. The highest BCUT2D eigenvalue weighted by Gasteiger charge is 2.30. The molecule has 1 aliphatic heterocycles. The van der Waals surface area contributed by atoms with Crippen LogP contribution in [0.1, 0.15) is 40.2 Å². The van der Waals surface area contributed by atoms with Crippen molar-refractivity contribution in [2.24, 2.45) is 0 Å². The van der Waals surface area contributed by atoms with E-state index in [9.17, 15) is 4.79 Å². The minimum atomic E-state index is 0.0523. The van der Waals surface area contributed by atoms with E-state index in [0.29, 0.717) is 23.6 Å². The number of pyridine rings is 1. The topological polar surface area (TPSA) is 71.2 Å². The Morgan fingerprint density at radius 2 is 1.93 bits per heavy atom. The van der Waals surface area contributed by atoms with Gasteiger partial charge in [-0.25, -0.2) is 0 Å².